The van der Waals surface area contributed by atoms with E-state index in [1.165, 1.54) is 25.9 Å². The van der Waals surface area contributed by atoms with E-state index >= 15 is 0 Å². The van der Waals surface area contributed by atoms with Gasteiger partial charge < -0.3 is 9.84 Å². The standard InChI is InChI=1S/C15H29NO2/c1-3-15(4-2,16-9-5-6-10-16)14(17)13-7-11-18-12-8-13/h13-14,17H,3-12H2,1-2H3. The van der Waals surface area contributed by atoms with E-state index in [1.807, 2.05) is 0 Å². The van der Waals surface area contributed by atoms with Crippen LogP contribution in [0.2, 0.25) is 0 Å². The van der Waals surface area contributed by atoms with Crippen molar-refractivity contribution in [1.82, 2.24) is 4.90 Å². The van der Waals surface area contributed by atoms with Crippen LogP contribution in [-0.2, 0) is 4.74 Å². The van der Waals surface area contributed by atoms with Gasteiger partial charge in [0.2, 0.25) is 0 Å². The average Bonchev–Trinajstić information content (AvgIpc) is 2.96. The summed E-state index contributed by atoms with van der Waals surface area (Å²) in [6.45, 7) is 8.47. The number of rotatable bonds is 5. The van der Waals surface area contributed by atoms with E-state index in [9.17, 15) is 5.11 Å². The maximum atomic E-state index is 10.9. The van der Waals surface area contributed by atoms with Crippen LogP contribution < -0.4 is 0 Å². The average molecular weight is 255 g/mol. The lowest BCUT2D eigenvalue weighted by Gasteiger charge is -2.48. The first kappa shape index (κ1) is 14.3. The molecule has 0 aliphatic carbocycles. The first-order valence-electron chi connectivity index (χ1n) is 7.75. The van der Waals surface area contributed by atoms with Gasteiger partial charge in [-0.25, -0.2) is 0 Å². The molecule has 0 saturated carbocycles. The van der Waals surface area contributed by atoms with Crippen molar-refractivity contribution in [3.05, 3.63) is 0 Å². The topological polar surface area (TPSA) is 32.7 Å². The Labute approximate surface area is 112 Å². The fourth-order valence-electron chi connectivity index (χ4n) is 3.94. The minimum atomic E-state index is -0.186. The highest BCUT2D eigenvalue weighted by molar-refractivity contribution is 4.99. The van der Waals surface area contributed by atoms with Crippen molar-refractivity contribution in [3.63, 3.8) is 0 Å². The van der Waals surface area contributed by atoms with Crippen molar-refractivity contribution < 1.29 is 9.84 Å². The van der Waals surface area contributed by atoms with Gasteiger partial charge in [-0.15, -0.1) is 0 Å². The molecule has 1 unspecified atom stereocenters. The zero-order valence-electron chi connectivity index (χ0n) is 12.0. The Balaban J connectivity index is 2.11. The molecular formula is C15H29NO2. The lowest BCUT2D eigenvalue weighted by molar-refractivity contribution is -0.0835. The molecule has 0 aromatic heterocycles. The normalized spacial score (nSPS) is 25.5. The molecule has 0 aromatic carbocycles. The fourth-order valence-corrected chi connectivity index (χ4v) is 3.94. The van der Waals surface area contributed by atoms with Gasteiger partial charge in [0.15, 0.2) is 0 Å². The van der Waals surface area contributed by atoms with Crippen LogP contribution in [0.3, 0.4) is 0 Å². The van der Waals surface area contributed by atoms with Crippen LogP contribution in [-0.4, -0.2) is 48.0 Å². The first-order valence-corrected chi connectivity index (χ1v) is 7.75. The molecule has 3 nitrogen and oxygen atoms in total. The fraction of sp³-hybridized carbons (Fsp3) is 1.00. The van der Waals surface area contributed by atoms with Gasteiger partial charge in [-0.05, 0) is 57.5 Å². The summed E-state index contributed by atoms with van der Waals surface area (Å²) in [5.41, 5.74) is 0.0124. The Bertz CT molecular complexity index is 241. The molecule has 0 bridgehead atoms. The predicted molar refractivity (Wildman–Crippen MR) is 73.7 cm³/mol. The number of hydrogen-bond donors (Lipinski definition) is 1. The highest BCUT2D eigenvalue weighted by Crippen LogP contribution is 2.37. The summed E-state index contributed by atoms with van der Waals surface area (Å²) in [5.74, 6) is 0.430. The zero-order valence-corrected chi connectivity index (χ0v) is 12.0. The molecule has 2 fully saturated rings. The number of likely N-dealkylation sites (tertiary alicyclic amines) is 1. The van der Waals surface area contributed by atoms with Crippen LogP contribution >= 0.6 is 0 Å². The third kappa shape index (κ3) is 2.59. The van der Waals surface area contributed by atoms with Gasteiger partial charge in [0.25, 0.3) is 0 Å². The summed E-state index contributed by atoms with van der Waals surface area (Å²) in [6, 6.07) is 0. The third-order valence-electron chi connectivity index (χ3n) is 5.22. The Morgan fingerprint density at radius 2 is 1.72 bits per heavy atom. The number of nitrogens with zero attached hydrogens (tertiary/aromatic N) is 1. The quantitative estimate of drug-likeness (QED) is 0.819. The van der Waals surface area contributed by atoms with Gasteiger partial charge in [0.1, 0.15) is 0 Å². The van der Waals surface area contributed by atoms with E-state index in [2.05, 4.69) is 18.7 Å². The number of ether oxygens (including phenoxy) is 1. The summed E-state index contributed by atoms with van der Waals surface area (Å²) in [4.78, 5) is 2.56. The van der Waals surface area contributed by atoms with Crippen molar-refractivity contribution in [2.24, 2.45) is 5.92 Å². The largest absolute Gasteiger partial charge is 0.391 e. The minimum absolute atomic E-state index is 0.0124. The SMILES string of the molecule is CCC(CC)(C(O)C1CCOCC1)N1CCCC1. The molecule has 1 atom stereocenters. The second-order valence-electron chi connectivity index (χ2n) is 5.90. The van der Waals surface area contributed by atoms with Crippen LogP contribution in [0.15, 0.2) is 0 Å². The lowest BCUT2D eigenvalue weighted by atomic mass is 9.76. The summed E-state index contributed by atoms with van der Waals surface area (Å²) in [6.07, 6.45) is 6.57. The Hall–Kier alpha value is -0.120. The molecule has 0 spiro atoms. The van der Waals surface area contributed by atoms with Gasteiger partial charge >= 0.3 is 0 Å². The molecule has 2 heterocycles. The van der Waals surface area contributed by atoms with Crippen molar-refractivity contribution in [3.8, 4) is 0 Å². The maximum Gasteiger partial charge on any atom is 0.0753 e. The molecule has 2 rings (SSSR count). The summed E-state index contributed by atoms with van der Waals surface area (Å²) < 4.78 is 5.43. The first-order chi connectivity index (χ1) is 8.74. The molecule has 0 aromatic rings. The van der Waals surface area contributed by atoms with Gasteiger partial charge in [-0.3, -0.25) is 4.90 Å². The number of hydrogen-bond acceptors (Lipinski definition) is 3. The van der Waals surface area contributed by atoms with E-state index in [1.54, 1.807) is 0 Å². The number of aliphatic hydroxyl groups excluding tert-OH is 1. The lowest BCUT2D eigenvalue weighted by Crippen LogP contribution is -2.58. The van der Waals surface area contributed by atoms with E-state index < -0.39 is 0 Å². The van der Waals surface area contributed by atoms with E-state index in [4.69, 9.17) is 4.74 Å². The van der Waals surface area contributed by atoms with Crippen LogP contribution in [0.5, 0.6) is 0 Å². The molecule has 2 saturated heterocycles. The van der Waals surface area contributed by atoms with Crippen LogP contribution in [0, 0.1) is 5.92 Å². The van der Waals surface area contributed by atoms with Gasteiger partial charge in [0, 0.05) is 18.8 Å². The molecule has 18 heavy (non-hydrogen) atoms. The highest BCUT2D eigenvalue weighted by atomic mass is 16.5. The van der Waals surface area contributed by atoms with Crippen LogP contribution in [0.4, 0.5) is 0 Å². The smallest absolute Gasteiger partial charge is 0.0753 e. The Kier molecular flexibility index (Phi) is 5.05. The van der Waals surface area contributed by atoms with E-state index in [0.717, 1.165) is 38.9 Å². The maximum absolute atomic E-state index is 10.9. The van der Waals surface area contributed by atoms with Crippen molar-refractivity contribution in [1.29, 1.82) is 0 Å². The van der Waals surface area contributed by atoms with Gasteiger partial charge in [-0.2, -0.15) is 0 Å². The van der Waals surface area contributed by atoms with E-state index in [-0.39, 0.29) is 11.6 Å². The van der Waals surface area contributed by atoms with Crippen molar-refractivity contribution >= 4 is 0 Å². The molecule has 106 valence electrons. The molecule has 3 heteroatoms. The minimum Gasteiger partial charge on any atom is -0.391 e. The summed E-state index contributed by atoms with van der Waals surface area (Å²) in [5, 5.41) is 10.9. The second-order valence-corrected chi connectivity index (χ2v) is 5.90. The van der Waals surface area contributed by atoms with Crippen molar-refractivity contribution in [2.75, 3.05) is 26.3 Å². The van der Waals surface area contributed by atoms with Gasteiger partial charge in [-0.1, -0.05) is 13.8 Å². The third-order valence-corrected chi connectivity index (χ3v) is 5.22. The van der Waals surface area contributed by atoms with Gasteiger partial charge in [0.05, 0.1) is 6.10 Å². The summed E-state index contributed by atoms with van der Waals surface area (Å²) >= 11 is 0. The molecular weight excluding hydrogens is 226 g/mol. The molecule has 2 aliphatic rings. The predicted octanol–water partition coefficient (Wildman–Crippen LogP) is 2.43. The Morgan fingerprint density at radius 3 is 2.22 bits per heavy atom. The number of aliphatic hydroxyl groups is 1. The van der Waals surface area contributed by atoms with Crippen LogP contribution in [0.25, 0.3) is 0 Å². The second kappa shape index (κ2) is 6.36. The monoisotopic (exact) mass is 255 g/mol. The highest BCUT2D eigenvalue weighted by Gasteiger charge is 2.44. The molecule has 0 radical (unpaired) electrons. The molecule has 1 N–H and O–H groups in total. The van der Waals surface area contributed by atoms with E-state index in [0.29, 0.717) is 5.92 Å². The Morgan fingerprint density at radius 1 is 1.17 bits per heavy atom. The van der Waals surface area contributed by atoms with Crippen LogP contribution in [0.1, 0.15) is 52.4 Å². The molecule has 0 amide bonds. The van der Waals surface area contributed by atoms with Crippen molar-refractivity contribution in [2.45, 2.75) is 64.0 Å². The zero-order chi connectivity index (χ0) is 13.0. The molecule has 2 aliphatic heterocycles. The summed E-state index contributed by atoms with van der Waals surface area (Å²) in [7, 11) is 0.